The van der Waals surface area contributed by atoms with Crippen LogP contribution in [-0.4, -0.2) is 31.5 Å². The van der Waals surface area contributed by atoms with E-state index >= 15 is 0 Å². The molecule has 0 unspecified atom stereocenters. The summed E-state index contributed by atoms with van der Waals surface area (Å²) in [5, 5.41) is 11.8. The van der Waals surface area contributed by atoms with Crippen molar-refractivity contribution in [2.75, 3.05) is 26.4 Å². The lowest BCUT2D eigenvalue weighted by Gasteiger charge is -2.12. The topological polar surface area (TPSA) is 50.7 Å². The summed E-state index contributed by atoms with van der Waals surface area (Å²) in [6.45, 7) is 6.61. The van der Waals surface area contributed by atoms with Crippen molar-refractivity contribution in [2.45, 2.75) is 20.4 Å². The van der Waals surface area contributed by atoms with Gasteiger partial charge in [-0.3, -0.25) is 0 Å². The zero-order chi connectivity index (χ0) is 12.5. The summed E-state index contributed by atoms with van der Waals surface area (Å²) < 4.78 is 11.0. The second-order valence-corrected chi connectivity index (χ2v) is 3.55. The Kier molecular flexibility index (Phi) is 6.43. The molecule has 0 heterocycles. The average molecular weight is 239 g/mol. The van der Waals surface area contributed by atoms with E-state index in [1.807, 2.05) is 32.0 Å². The van der Waals surface area contributed by atoms with E-state index in [4.69, 9.17) is 14.6 Å². The Morgan fingerprint density at radius 1 is 1.12 bits per heavy atom. The number of hydrogen-bond donors (Lipinski definition) is 2. The Labute approximate surface area is 103 Å². The second kappa shape index (κ2) is 7.92. The second-order valence-electron chi connectivity index (χ2n) is 3.55. The summed E-state index contributed by atoms with van der Waals surface area (Å²) >= 11 is 0. The first-order valence-electron chi connectivity index (χ1n) is 6.01. The standard InChI is InChI=1S/C13H21NO3/c1-3-16-12-6-5-11(10-14-7-8-15)9-13(12)17-4-2/h5-6,9,14-15H,3-4,7-8,10H2,1-2H3. The third kappa shape index (κ3) is 4.63. The summed E-state index contributed by atoms with van der Waals surface area (Å²) in [5.74, 6) is 1.55. The molecule has 0 aliphatic rings. The highest BCUT2D eigenvalue weighted by molar-refractivity contribution is 5.43. The number of aliphatic hydroxyl groups excluding tert-OH is 1. The van der Waals surface area contributed by atoms with Gasteiger partial charge < -0.3 is 19.9 Å². The molecular formula is C13H21NO3. The molecule has 0 aliphatic heterocycles. The van der Waals surface area contributed by atoms with Crippen LogP contribution in [0, 0.1) is 0 Å². The summed E-state index contributed by atoms with van der Waals surface area (Å²) in [4.78, 5) is 0. The predicted molar refractivity (Wildman–Crippen MR) is 67.6 cm³/mol. The average Bonchev–Trinajstić information content (AvgIpc) is 2.33. The maximum Gasteiger partial charge on any atom is 0.161 e. The van der Waals surface area contributed by atoms with E-state index in [-0.39, 0.29) is 6.61 Å². The van der Waals surface area contributed by atoms with Gasteiger partial charge in [-0.2, -0.15) is 0 Å². The molecule has 1 aromatic carbocycles. The van der Waals surface area contributed by atoms with Gasteiger partial charge in [0, 0.05) is 13.1 Å². The number of ether oxygens (including phenoxy) is 2. The molecule has 0 aliphatic carbocycles. The number of nitrogens with one attached hydrogen (secondary N) is 1. The fraction of sp³-hybridized carbons (Fsp3) is 0.538. The molecule has 0 aromatic heterocycles. The highest BCUT2D eigenvalue weighted by Gasteiger charge is 2.05. The first kappa shape index (κ1) is 13.8. The van der Waals surface area contributed by atoms with E-state index in [1.165, 1.54) is 0 Å². The summed E-state index contributed by atoms with van der Waals surface area (Å²) in [6, 6.07) is 5.89. The van der Waals surface area contributed by atoms with Crippen LogP contribution in [0.2, 0.25) is 0 Å². The van der Waals surface area contributed by atoms with Gasteiger partial charge in [-0.25, -0.2) is 0 Å². The Hall–Kier alpha value is -1.26. The first-order valence-corrected chi connectivity index (χ1v) is 6.01. The van der Waals surface area contributed by atoms with E-state index in [9.17, 15) is 0 Å². The number of aliphatic hydroxyl groups is 1. The minimum Gasteiger partial charge on any atom is -0.490 e. The Bertz CT molecular complexity index is 328. The van der Waals surface area contributed by atoms with Gasteiger partial charge in [0.25, 0.3) is 0 Å². The van der Waals surface area contributed by atoms with E-state index in [1.54, 1.807) is 0 Å². The predicted octanol–water partition coefficient (Wildman–Crippen LogP) is 1.57. The van der Waals surface area contributed by atoms with Crippen LogP contribution >= 0.6 is 0 Å². The molecule has 17 heavy (non-hydrogen) atoms. The fourth-order valence-electron chi connectivity index (χ4n) is 1.52. The molecule has 0 bridgehead atoms. The quantitative estimate of drug-likeness (QED) is 0.676. The molecule has 0 radical (unpaired) electrons. The van der Waals surface area contributed by atoms with Crippen LogP contribution < -0.4 is 14.8 Å². The Morgan fingerprint density at radius 3 is 2.47 bits per heavy atom. The number of rotatable bonds is 8. The molecule has 4 nitrogen and oxygen atoms in total. The van der Waals surface area contributed by atoms with Crippen molar-refractivity contribution in [2.24, 2.45) is 0 Å². The van der Waals surface area contributed by atoms with Crippen molar-refractivity contribution in [1.29, 1.82) is 0 Å². The van der Waals surface area contributed by atoms with Gasteiger partial charge in [0.2, 0.25) is 0 Å². The molecule has 4 heteroatoms. The van der Waals surface area contributed by atoms with Crippen LogP contribution in [0.3, 0.4) is 0 Å². The van der Waals surface area contributed by atoms with E-state index < -0.39 is 0 Å². The third-order valence-electron chi connectivity index (χ3n) is 2.23. The van der Waals surface area contributed by atoms with Crippen LogP contribution in [0.5, 0.6) is 11.5 Å². The zero-order valence-electron chi connectivity index (χ0n) is 10.5. The minimum atomic E-state index is 0.148. The maximum absolute atomic E-state index is 8.69. The van der Waals surface area contributed by atoms with Crippen LogP contribution in [0.1, 0.15) is 19.4 Å². The zero-order valence-corrected chi connectivity index (χ0v) is 10.5. The molecule has 0 amide bonds. The molecule has 96 valence electrons. The Morgan fingerprint density at radius 2 is 1.82 bits per heavy atom. The number of benzene rings is 1. The van der Waals surface area contributed by atoms with Crippen molar-refractivity contribution >= 4 is 0 Å². The molecule has 0 saturated heterocycles. The van der Waals surface area contributed by atoms with Crippen LogP contribution in [0.4, 0.5) is 0 Å². The highest BCUT2D eigenvalue weighted by Crippen LogP contribution is 2.28. The van der Waals surface area contributed by atoms with Gasteiger partial charge in [-0.15, -0.1) is 0 Å². The van der Waals surface area contributed by atoms with Crippen molar-refractivity contribution in [1.82, 2.24) is 5.32 Å². The highest BCUT2D eigenvalue weighted by atomic mass is 16.5. The monoisotopic (exact) mass is 239 g/mol. The summed E-state index contributed by atoms with van der Waals surface area (Å²) in [5.41, 5.74) is 1.12. The lowest BCUT2D eigenvalue weighted by atomic mass is 10.2. The molecule has 0 atom stereocenters. The van der Waals surface area contributed by atoms with Gasteiger partial charge >= 0.3 is 0 Å². The molecule has 1 aromatic rings. The van der Waals surface area contributed by atoms with E-state index in [0.29, 0.717) is 26.3 Å². The molecule has 2 N–H and O–H groups in total. The number of hydrogen-bond acceptors (Lipinski definition) is 4. The molecule has 0 saturated carbocycles. The van der Waals surface area contributed by atoms with E-state index in [2.05, 4.69) is 5.32 Å². The van der Waals surface area contributed by atoms with Gasteiger partial charge in [-0.05, 0) is 31.5 Å². The van der Waals surface area contributed by atoms with E-state index in [0.717, 1.165) is 17.1 Å². The fourth-order valence-corrected chi connectivity index (χ4v) is 1.52. The molecule has 0 fully saturated rings. The summed E-state index contributed by atoms with van der Waals surface area (Å²) in [7, 11) is 0. The van der Waals surface area contributed by atoms with Crippen molar-refractivity contribution in [3.8, 4) is 11.5 Å². The lowest BCUT2D eigenvalue weighted by molar-refractivity contribution is 0.286. The van der Waals surface area contributed by atoms with Gasteiger partial charge in [0.15, 0.2) is 11.5 Å². The minimum absolute atomic E-state index is 0.148. The molecule has 0 spiro atoms. The van der Waals surface area contributed by atoms with Gasteiger partial charge in [0.05, 0.1) is 19.8 Å². The lowest BCUT2D eigenvalue weighted by Crippen LogP contribution is -2.17. The first-order chi connectivity index (χ1) is 8.31. The van der Waals surface area contributed by atoms with Crippen LogP contribution in [0.15, 0.2) is 18.2 Å². The van der Waals surface area contributed by atoms with Crippen molar-refractivity contribution in [3.05, 3.63) is 23.8 Å². The third-order valence-corrected chi connectivity index (χ3v) is 2.23. The van der Waals surface area contributed by atoms with Gasteiger partial charge in [-0.1, -0.05) is 6.07 Å². The largest absolute Gasteiger partial charge is 0.490 e. The van der Waals surface area contributed by atoms with Gasteiger partial charge in [0.1, 0.15) is 0 Å². The molecule has 1 rings (SSSR count). The molecular weight excluding hydrogens is 218 g/mol. The van der Waals surface area contributed by atoms with Crippen LogP contribution in [-0.2, 0) is 6.54 Å². The SMILES string of the molecule is CCOc1ccc(CNCCO)cc1OCC. The summed E-state index contributed by atoms with van der Waals surface area (Å²) in [6.07, 6.45) is 0. The van der Waals surface area contributed by atoms with Crippen molar-refractivity contribution < 1.29 is 14.6 Å². The maximum atomic E-state index is 8.69. The normalized spacial score (nSPS) is 10.3. The smallest absolute Gasteiger partial charge is 0.161 e. The van der Waals surface area contributed by atoms with Crippen molar-refractivity contribution in [3.63, 3.8) is 0 Å². The van der Waals surface area contributed by atoms with Crippen LogP contribution in [0.25, 0.3) is 0 Å². The Balaban J connectivity index is 2.70.